The fourth-order valence-electron chi connectivity index (χ4n) is 3.93. The van der Waals surface area contributed by atoms with Crippen LogP contribution < -0.4 is 15.4 Å². The standard InChI is InChI=1S/C20H23N3O2/c24-20(19-12-14-4-1-2-7-18(14)23-19)22-15-5-3-6-17(13-15)25-16-8-10-21-11-9-16/h3,5-6,8-11,13-14,18-19,23H,1-2,4,7,12H2,(H,22,24). The van der Waals surface area contributed by atoms with Gasteiger partial charge in [0.2, 0.25) is 5.91 Å². The number of nitrogens with zero attached hydrogens (tertiary/aromatic N) is 1. The van der Waals surface area contributed by atoms with Gasteiger partial charge in [-0.15, -0.1) is 0 Å². The molecule has 2 aliphatic rings. The van der Waals surface area contributed by atoms with Crippen molar-refractivity contribution in [3.63, 3.8) is 0 Å². The molecule has 1 amide bonds. The molecule has 2 heterocycles. The van der Waals surface area contributed by atoms with E-state index in [-0.39, 0.29) is 11.9 Å². The maximum absolute atomic E-state index is 12.6. The van der Waals surface area contributed by atoms with Gasteiger partial charge in [0, 0.05) is 30.2 Å². The molecule has 3 atom stereocenters. The van der Waals surface area contributed by atoms with E-state index < -0.39 is 0 Å². The Morgan fingerprint density at radius 3 is 2.80 bits per heavy atom. The van der Waals surface area contributed by atoms with Crippen LogP contribution in [0.2, 0.25) is 0 Å². The van der Waals surface area contributed by atoms with Crippen LogP contribution in [0, 0.1) is 5.92 Å². The molecule has 5 heteroatoms. The van der Waals surface area contributed by atoms with E-state index in [1.807, 2.05) is 24.3 Å². The number of hydrogen-bond acceptors (Lipinski definition) is 4. The predicted molar refractivity (Wildman–Crippen MR) is 96.7 cm³/mol. The van der Waals surface area contributed by atoms with Crippen molar-refractivity contribution in [2.75, 3.05) is 5.32 Å². The van der Waals surface area contributed by atoms with Gasteiger partial charge in [-0.3, -0.25) is 9.78 Å². The molecule has 25 heavy (non-hydrogen) atoms. The molecule has 0 bridgehead atoms. The number of aromatic nitrogens is 1. The van der Waals surface area contributed by atoms with Gasteiger partial charge in [-0.05, 0) is 49.4 Å². The Bertz CT molecular complexity index is 721. The Balaban J connectivity index is 1.39. The number of ether oxygens (including phenoxy) is 1. The lowest BCUT2D eigenvalue weighted by molar-refractivity contribution is -0.117. The number of anilines is 1. The smallest absolute Gasteiger partial charge is 0.241 e. The first kappa shape index (κ1) is 16.1. The van der Waals surface area contributed by atoms with Crippen LogP contribution in [0.15, 0.2) is 48.8 Å². The average Bonchev–Trinajstić information content (AvgIpc) is 3.07. The van der Waals surface area contributed by atoms with Gasteiger partial charge in [-0.1, -0.05) is 18.9 Å². The van der Waals surface area contributed by atoms with E-state index >= 15 is 0 Å². The molecule has 0 spiro atoms. The van der Waals surface area contributed by atoms with Crippen molar-refractivity contribution in [1.82, 2.24) is 10.3 Å². The lowest BCUT2D eigenvalue weighted by atomic mass is 9.85. The molecule has 1 aliphatic carbocycles. The SMILES string of the molecule is O=C(Nc1cccc(Oc2ccncc2)c1)C1CC2CCCCC2N1. The number of carbonyl (C=O) groups excluding carboxylic acids is 1. The number of pyridine rings is 1. The number of rotatable bonds is 4. The third-order valence-electron chi connectivity index (χ3n) is 5.17. The zero-order valence-electron chi connectivity index (χ0n) is 14.2. The normalized spacial score (nSPS) is 25.2. The summed E-state index contributed by atoms with van der Waals surface area (Å²) in [7, 11) is 0. The summed E-state index contributed by atoms with van der Waals surface area (Å²) in [5.41, 5.74) is 0.758. The van der Waals surface area contributed by atoms with Crippen molar-refractivity contribution < 1.29 is 9.53 Å². The van der Waals surface area contributed by atoms with E-state index in [1.165, 1.54) is 25.7 Å². The van der Waals surface area contributed by atoms with Gasteiger partial charge in [-0.25, -0.2) is 0 Å². The summed E-state index contributed by atoms with van der Waals surface area (Å²) in [5.74, 6) is 2.12. The lowest BCUT2D eigenvalue weighted by Crippen LogP contribution is -2.39. The average molecular weight is 337 g/mol. The molecule has 1 saturated heterocycles. The first-order chi connectivity index (χ1) is 12.3. The maximum Gasteiger partial charge on any atom is 0.241 e. The van der Waals surface area contributed by atoms with Crippen LogP contribution in [0.3, 0.4) is 0 Å². The van der Waals surface area contributed by atoms with Crippen molar-refractivity contribution in [3.8, 4) is 11.5 Å². The Hall–Kier alpha value is -2.40. The first-order valence-electron chi connectivity index (χ1n) is 9.03. The summed E-state index contributed by atoms with van der Waals surface area (Å²) in [6, 6.07) is 11.5. The summed E-state index contributed by atoms with van der Waals surface area (Å²) in [6.45, 7) is 0. The van der Waals surface area contributed by atoms with E-state index in [0.29, 0.717) is 17.7 Å². The number of carbonyl (C=O) groups is 1. The number of hydrogen-bond donors (Lipinski definition) is 2. The van der Waals surface area contributed by atoms with Crippen molar-refractivity contribution in [3.05, 3.63) is 48.8 Å². The van der Waals surface area contributed by atoms with Gasteiger partial charge in [0.15, 0.2) is 0 Å². The number of fused-ring (bicyclic) bond motifs is 1. The van der Waals surface area contributed by atoms with Crippen molar-refractivity contribution in [1.29, 1.82) is 0 Å². The molecular weight excluding hydrogens is 314 g/mol. The third-order valence-corrected chi connectivity index (χ3v) is 5.17. The van der Waals surface area contributed by atoms with Gasteiger partial charge in [-0.2, -0.15) is 0 Å². The Morgan fingerprint density at radius 2 is 1.96 bits per heavy atom. The van der Waals surface area contributed by atoms with E-state index in [9.17, 15) is 4.79 Å². The minimum atomic E-state index is -0.0853. The third kappa shape index (κ3) is 3.82. The Kier molecular flexibility index (Phi) is 4.65. The van der Waals surface area contributed by atoms with Crippen LogP contribution in [-0.2, 0) is 4.79 Å². The highest BCUT2D eigenvalue weighted by atomic mass is 16.5. The zero-order chi connectivity index (χ0) is 17.1. The molecule has 130 valence electrons. The minimum Gasteiger partial charge on any atom is -0.457 e. The van der Waals surface area contributed by atoms with E-state index in [4.69, 9.17) is 4.74 Å². The van der Waals surface area contributed by atoms with Crippen molar-refractivity contribution in [2.24, 2.45) is 5.92 Å². The summed E-state index contributed by atoms with van der Waals surface area (Å²) in [6.07, 6.45) is 9.34. The molecule has 1 aromatic heterocycles. The molecule has 1 saturated carbocycles. The molecule has 2 aromatic rings. The molecular formula is C20H23N3O2. The molecule has 1 aromatic carbocycles. The van der Waals surface area contributed by atoms with Crippen LogP contribution in [-0.4, -0.2) is 23.0 Å². The molecule has 5 nitrogen and oxygen atoms in total. The highest BCUT2D eigenvalue weighted by molar-refractivity contribution is 5.95. The van der Waals surface area contributed by atoms with Gasteiger partial charge in [0.1, 0.15) is 11.5 Å². The Labute approximate surface area is 147 Å². The summed E-state index contributed by atoms with van der Waals surface area (Å²) < 4.78 is 5.80. The molecule has 3 unspecified atom stereocenters. The highest BCUT2D eigenvalue weighted by Crippen LogP contribution is 2.33. The van der Waals surface area contributed by atoms with Gasteiger partial charge < -0.3 is 15.4 Å². The fourth-order valence-corrected chi connectivity index (χ4v) is 3.93. The molecule has 2 N–H and O–H groups in total. The first-order valence-corrected chi connectivity index (χ1v) is 9.03. The summed E-state index contributed by atoms with van der Waals surface area (Å²) in [5, 5.41) is 6.54. The van der Waals surface area contributed by atoms with E-state index in [0.717, 1.165) is 17.9 Å². The lowest BCUT2D eigenvalue weighted by Gasteiger charge is -2.24. The molecule has 0 radical (unpaired) electrons. The van der Waals surface area contributed by atoms with Crippen molar-refractivity contribution >= 4 is 11.6 Å². The second kappa shape index (κ2) is 7.23. The fraction of sp³-hybridized carbons (Fsp3) is 0.400. The Morgan fingerprint density at radius 1 is 1.12 bits per heavy atom. The highest BCUT2D eigenvalue weighted by Gasteiger charge is 2.38. The molecule has 4 rings (SSSR count). The molecule has 2 fully saturated rings. The van der Waals surface area contributed by atoms with Crippen LogP contribution in [0.5, 0.6) is 11.5 Å². The van der Waals surface area contributed by atoms with Crippen LogP contribution in [0.1, 0.15) is 32.1 Å². The molecule has 1 aliphatic heterocycles. The minimum absolute atomic E-state index is 0.0514. The zero-order valence-corrected chi connectivity index (χ0v) is 14.2. The monoisotopic (exact) mass is 337 g/mol. The predicted octanol–water partition coefficient (Wildman–Crippen LogP) is 3.73. The summed E-state index contributed by atoms with van der Waals surface area (Å²) in [4.78, 5) is 16.6. The second-order valence-electron chi connectivity index (χ2n) is 6.91. The largest absolute Gasteiger partial charge is 0.457 e. The van der Waals surface area contributed by atoms with Crippen LogP contribution >= 0.6 is 0 Å². The number of nitrogens with one attached hydrogen (secondary N) is 2. The van der Waals surface area contributed by atoms with Crippen molar-refractivity contribution in [2.45, 2.75) is 44.2 Å². The topological polar surface area (TPSA) is 63.2 Å². The number of amides is 1. The maximum atomic E-state index is 12.6. The van der Waals surface area contributed by atoms with Crippen LogP contribution in [0.4, 0.5) is 5.69 Å². The van der Waals surface area contributed by atoms with Gasteiger partial charge in [0.25, 0.3) is 0 Å². The summed E-state index contributed by atoms with van der Waals surface area (Å²) >= 11 is 0. The second-order valence-corrected chi connectivity index (χ2v) is 6.91. The number of benzene rings is 1. The van der Waals surface area contributed by atoms with E-state index in [1.54, 1.807) is 24.5 Å². The van der Waals surface area contributed by atoms with E-state index in [2.05, 4.69) is 15.6 Å². The quantitative estimate of drug-likeness (QED) is 0.892. The van der Waals surface area contributed by atoms with Crippen LogP contribution in [0.25, 0.3) is 0 Å². The van der Waals surface area contributed by atoms with Gasteiger partial charge in [0.05, 0.1) is 6.04 Å². The van der Waals surface area contributed by atoms with Gasteiger partial charge >= 0.3 is 0 Å².